The first kappa shape index (κ1) is 11.4. The molecular weight excluding hydrogens is 273 g/mol. The summed E-state index contributed by atoms with van der Waals surface area (Å²) in [7, 11) is 0. The molecule has 1 aromatic carbocycles. The van der Waals surface area contributed by atoms with Gasteiger partial charge in [0, 0.05) is 4.47 Å². The normalized spacial score (nSPS) is 12.8. The van der Waals surface area contributed by atoms with E-state index in [1.165, 1.54) is 12.1 Å². The molecule has 0 aliphatic carbocycles. The summed E-state index contributed by atoms with van der Waals surface area (Å²) >= 11 is 3.35. The minimum atomic E-state index is -0.459. The summed E-state index contributed by atoms with van der Waals surface area (Å²) < 4.78 is 19.3. The molecule has 0 bridgehead atoms. The summed E-state index contributed by atoms with van der Waals surface area (Å²) in [5, 5.41) is 0. The zero-order chi connectivity index (χ0) is 11.7. The minimum Gasteiger partial charge on any atom is -0.464 e. The Kier molecular flexibility index (Phi) is 3.12. The predicted molar refractivity (Wildman–Crippen MR) is 63.6 cm³/mol. The van der Waals surface area contributed by atoms with Crippen LogP contribution >= 0.6 is 15.9 Å². The van der Waals surface area contributed by atoms with Crippen LogP contribution in [0.15, 0.2) is 39.2 Å². The molecule has 1 aromatic heterocycles. The highest BCUT2D eigenvalue weighted by atomic mass is 79.9. The lowest BCUT2D eigenvalue weighted by Crippen LogP contribution is -2.11. The van der Waals surface area contributed by atoms with Crippen molar-refractivity contribution in [1.29, 1.82) is 0 Å². The average molecular weight is 284 g/mol. The van der Waals surface area contributed by atoms with Crippen molar-refractivity contribution in [2.45, 2.75) is 13.0 Å². The number of furan rings is 1. The van der Waals surface area contributed by atoms with Crippen LogP contribution in [0.25, 0.3) is 0 Å². The van der Waals surface area contributed by atoms with E-state index in [2.05, 4.69) is 15.9 Å². The Hall–Kier alpha value is -1.13. The number of benzene rings is 1. The SMILES string of the molecule is Cc1ccc(C(N)c2cc(F)ccc2Br)o1. The van der Waals surface area contributed by atoms with E-state index in [4.69, 9.17) is 10.2 Å². The standard InChI is InChI=1S/C12H11BrFNO/c1-7-2-5-11(16-7)12(15)9-6-8(14)3-4-10(9)13/h2-6,12H,15H2,1H3. The molecule has 4 heteroatoms. The van der Waals surface area contributed by atoms with Crippen molar-refractivity contribution in [3.63, 3.8) is 0 Å². The van der Waals surface area contributed by atoms with Gasteiger partial charge in [0.05, 0.1) is 6.04 Å². The molecule has 0 spiro atoms. The van der Waals surface area contributed by atoms with E-state index in [1.807, 2.05) is 13.0 Å². The third-order valence-electron chi connectivity index (χ3n) is 2.36. The molecule has 0 saturated heterocycles. The third kappa shape index (κ3) is 2.18. The molecule has 2 aromatic rings. The molecule has 84 valence electrons. The smallest absolute Gasteiger partial charge is 0.125 e. The molecule has 1 atom stereocenters. The van der Waals surface area contributed by atoms with Crippen molar-refractivity contribution in [1.82, 2.24) is 0 Å². The van der Waals surface area contributed by atoms with E-state index in [1.54, 1.807) is 12.1 Å². The number of rotatable bonds is 2. The van der Waals surface area contributed by atoms with Crippen LogP contribution < -0.4 is 5.73 Å². The van der Waals surface area contributed by atoms with Gasteiger partial charge in [-0.3, -0.25) is 0 Å². The second-order valence-electron chi connectivity index (χ2n) is 3.59. The first-order chi connectivity index (χ1) is 7.58. The molecule has 16 heavy (non-hydrogen) atoms. The van der Waals surface area contributed by atoms with Gasteiger partial charge in [-0.1, -0.05) is 15.9 Å². The lowest BCUT2D eigenvalue weighted by molar-refractivity contribution is 0.465. The average Bonchev–Trinajstić information content (AvgIpc) is 2.67. The van der Waals surface area contributed by atoms with Gasteiger partial charge in [0.1, 0.15) is 17.3 Å². The first-order valence-electron chi connectivity index (χ1n) is 4.85. The summed E-state index contributed by atoms with van der Waals surface area (Å²) in [5.74, 6) is 1.11. The molecule has 0 fully saturated rings. The molecular formula is C12H11BrFNO. The second kappa shape index (κ2) is 4.39. The fraction of sp³-hybridized carbons (Fsp3) is 0.167. The number of halogens is 2. The first-order valence-corrected chi connectivity index (χ1v) is 5.64. The molecule has 2 nitrogen and oxygen atoms in total. The number of nitrogens with two attached hydrogens (primary N) is 1. The zero-order valence-corrected chi connectivity index (χ0v) is 10.3. The molecule has 0 radical (unpaired) electrons. The lowest BCUT2D eigenvalue weighted by atomic mass is 10.1. The molecule has 1 unspecified atom stereocenters. The van der Waals surface area contributed by atoms with Gasteiger partial charge in [0.25, 0.3) is 0 Å². The summed E-state index contributed by atoms with van der Waals surface area (Å²) in [6.45, 7) is 1.84. The van der Waals surface area contributed by atoms with Gasteiger partial charge in [-0.05, 0) is 42.8 Å². The van der Waals surface area contributed by atoms with E-state index in [0.717, 1.165) is 10.2 Å². The molecule has 2 rings (SSSR count). The van der Waals surface area contributed by atoms with Gasteiger partial charge >= 0.3 is 0 Å². The summed E-state index contributed by atoms with van der Waals surface area (Å²) in [6, 6.07) is 7.61. The summed E-state index contributed by atoms with van der Waals surface area (Å²) in [4.78, 5) is 0. The highest BCUT2D eigenvalue weighted by Gasteiger charge is 2.16. The Labute approximate surface area is 101 Å². The maximum Gasteiger partial charge on any atom is 0.125 e. The summed E-state index contributed by atoms with van der Waals surface area (Å²) in [5.41, 5.74) is 6.68. The van der Waals surface area contributed by atoms with Crippen LogP contribution in [0, 0.1) is 12.7 Å². The fourth-order valence-electron chi connectivity index (χ4n) is 1.53. The lowest BCUT2D eigenvalue weighted by Gasteiger charge is -2.11. The fourth-order valence-corrected chi connectivity index (χ4v) is 2.02. The van der Waals surface area contributed by atoms with Gasteiger partial charge in [-0.15, -0.1) is 0 Å². The van der Waals surface area contributed by atoms with Crippen LogP contribution in [-0.4, -0.2) is 0 Å². The van der Waals surface area contributed by atoms with Gasteiger partial charge < -0.3 is 10.2 Å². The van der Waals surface area contributed by atoms with Gasteiger partial charge in [-0.2, -0.15) is 0 Å². The van der Waals surface area contributed by atoms with Gasteiger partial charge in [0.2, 0.25) is 0 Å². The predicted octanol–water partition coefficient (Wildman–Crippen LogP) is 3.54. The van der Waals surface area contributed by atoms with Crippen molar-refractivity contribution in [3.05, 3.63) is 57.7 Å². The van der Waals surface area contributed by atoms with Crippen molar-refractivity contribution in [2.75, 3.05) is 0 Å². The maximum atomic E-state index is 13.1. The maximum absolute atomic E-state index is 13.1. The van der Waals surface area contributed by atoms with E-state index < -0.39 is 6.04 Å². The van der Waals surface area contributed by atoms with Crippen LogP contribution in [0.5, 0.6) is 0 Å². The summed E-state index contributed by atoms with van der Waals surface area (Å²) in [6.07, 6.45) is 0. The highest BCUT2D eigenvalue weighted by Crippen LogP contribution is 2.28. The highest BCUT2D eigenvalue weighted by molar-refractivity contribution is 9.10. The number of hydrogen-bond donors (Lipinski definition) is 1. The van der Waals surface area contributed by atoms with Crippen molar-refractivity contribution >= 4 is 15.9 Å². The topological polar surface area (TPSA) is 39.2 Å². The van der Waals surface area contributed by atoms with Crippen LogP contribution in [0.3, 0.4) is 0 Å². The Morgan fingerprint density at radius 1 is 1.31 bits per heavy atom. The van der Waals surface area contributed by atoms with E-state index in [9.17, 15) is 4.39 Å². The van der Waals surface area contributed by atoms with Crippen LogP contribution in [0.4, 0.5) is 4.39 Å². The van der Waals surface area contributed by atoms with Crippen LogP contribution in [-0.2, 0) is 0 Å². The largest absolute Gasteiger partial charge is 0.464 e. The van der Waals surface area contributed by atoms with Crippen LogP contribution in [0.1, 0.15) is 23.1 Å². The third-order valence-corrected chi connectivity index (χ3v) is 3.08. The Balaban J connectivity index is 2.40. The monoisotopic (exact) mass is 283 g/mol. The Bertz CT molecular complexity index is 509. The molecule has 0 saturated carbocycles. The number of aryl methyl sites for hydroxylation is 1. The van der Waals surface area contributed by atoms with Crippen molar-refractivity contribution in [2.24, 2.45) is 5.73 Å². The molecule has 0 amide bonds. The second-order valence-corrected chi connectivity index (χ2v) is 4.45. The van der Waals surface area contributed by atoms with E-state index in [-0.39, 0.29) is 5.82 Å². The van der Waals surface area contributed by atoms with Crippen molar-refractivity contribution in [3.8, 4) is 0 Å². The zero-order valence-electron chi connectivity index (χ0n) is 8.71. The molecule has 0 aliphatic rings. The van der Waals surface area contributed by atoms with Gasteiger partial charge in [0.15, 0.2) is 0 Å². The molecule has 0 aliphatic heterocycles. The Morgan fingerprint density at radius 2 is 2.06 bits per heavy atom. The molecule has 1 heterocycles. The van der Waals surface area contributed by atoms with E-state index >= 15 is 0 Å². The van der Waals surface area contributed by atoms with Gasteiger partial charge in [-0.25, -0.2) is 4.39 Å². The quantitative estimate of drug-likeness (QED) is 0.916. The number of hydrogen-bond acceptors (Lipinski definition) is 2. The van der Waals surface area contributed by atoms with E-state index in [0.29, 0.717) is 11.3 Å². The Morgan fingerprint density at radius 3 is 2.69 bits per heavy atom. The van der Waals surface area contributed by atoms with Crippen molar-refractivity contribution < 1.29 is 8.81 Å². The molecule has 2 N–H and O–H groups in total. The van der Waals surface area contributed by atoms with Crippen LogP contribution in [0.2, 0.25) is 0 Å². The minimum absolute atomic E-state index is 0.308.